The Morgan fingerprint density at radius 1 is 1.06 bits per heavy atom. The number of amides is 1. The number of anilines is 2. The van der Waals surface area contributed by atoms with Gasteiger partial charge in [0.2, 0.25) is 10.0 Å². The molecule has 0 spiro atoms. The molecule has 0 radical (unpaired) electrons. The standard InChI is InChI=1S/C25H30FN5O4S/c1-24(2,3)31-36(34,35)19-8-6-7-18(13-19)28-23(33)22-21(16-9-11-17(26)12-10-16)29-20(14-27-22)30-25(4,5)15-32/h6-14,31-32H,15H2,1-5H3,(H,28,33)(H,29,30). The summed E-state index contributed by atoms with van der Waals surface area (Å²) in [6.07, 6.45) is 1.35. The van der Waals surface area contributed by atoms with Crippen LogP contribution in [-0.4, -0.2) is 47.1 Å². The van der Waals surface area contributed by atoms with E-state index in [1.54, 1.807) is 40.7 Å². The molecule has 3 aromatic rings. The predicted octanol–water partition coefficient (Wildman–Crippen LogP) is 3.79. The number of nitrogens with zero attached hydrogens (tertiary/aromatic N) is 2. The number of carbonyl (C=O) groups excluding carboxylic acids is 1. The van der Waals surface area contributed by atoms with E-state index >= 15 is 0 Å². The molecule has 36 heavy (non-hydrogen) atoms. The number of benzene rings is 2. The lowest BCUT2D eigenvalue weighted by atomic mass is 10.1. The first-order valence-corrected chi connectivity index (χ1v) is 12.6. The lowest BCUT2D eigenvalue weighted by Crippen LogP contribution is -2.40. The summed E-state index contributed by atoms with van der Waals surface area (Å²) in [5, 5.41) is 15.3. The number of halogens is 1. The smallest absolute Gasteiger partial charge is 0.276 e. The van der Waals surface area contributed by atoms with Crippen molar-refractivity contribution in [3.05, 3.63) is 66.2 Å². The third-order valence-electron chi connectivity index (χ3n) is 4.81. The van der Waals surface area contributed by atoms with Crippen molar-refractivity contribution in [2.24, 2.45) is 0 Å². The van der Waals surface area contributed by atoms with E-state index in [1.807, 2.05) is 0 Å². The van der Waals surface area contributed by atoms with Crippen molar-refractivity contribution in [3.63, 3.8) is 0 Å². The second-order valence-corrected chi connectivity index (χ2v) is 11.6. The molecule has 1 amide bonds. The van der Waals surface area contributed by atoms with Gasteiger partial charge in [0.25, 0.3) is 5.91 Å². The SMILES string of the molecule is CC(C)(C)NS(=O)(=O)c1cccc(NC(=O)c2ncc(NC(C)(C)CO)nc2-c2ccc(F)cc2)c1. The highest BCUT2D eigenvalue weighted by atomic mass is 32.2. The molecule has 0 bridgehead atoms. The van der Waals surface area contributed by atoms with Crippen molar-refractivity contribution in [2.75, 3.05) is 17.2 Å². The quantitative estimate of drug-likeness (QED) is 0.359. The summed E-state index contributed by atoms with van der Waals surface area (Å²) >= 11 is 0. The highest BCUT2D eigenvalue weighted by Gasteiger charge is 2.24. The monoisotopic (exact) mass is 515 g/mol. The van der Waals surface area contributed by atoms with E-state index in [9.17, 15) is 22.7 Å². The maximum atomic E-state index is 13.5. The zero-order valence-electron chi connectivity index (χ0n) is 20.8. The van der Waals surface area contributed by atoms with Crippen molar-refractivity contribution in [1.29, 1.82) is 0 Å². The van der Waals surface area contributed by atoms with Crippen molar-refractivity contribution in [1.82, 2.24) is 14.7 Å². The zero-order chi connectivity index (χ0) is 26.7. The van der Waals surface area contributed by atoms with E-state index in [0.717, 1.165) is 0 Å². The third kappa shape index (κ3) is 7.06. The van der Waals surface area contributed by atoms with Crippen LogP contribution in [0.2, 0.25) is 0 Å². The topological polar surface area (TPSA) is 133 Å². The molecule has 192 valence electrons. The third-order valence-corrected chi connectivity index (χ3v) is 6.57. The van der Waals surface area contributed by atoms with Crippen LogP contribution in [0.4, 0.5) is 15.9 Å². The van der Waals surface area contributed by atoms with Gasteiger partial charge in [-0.15, -0.1) is 0 Å². The maximum absolute atomic E-state index is 13.5. The lowest BCUT2D eigenvalue weighted by Gasteiger charge is -2.24. The van der Waals surface area contributed by atoms with Crippen LogP contribution in [0.3, 0.4) is 0 Å². The molecule has 0 atom stereocenters. The predicted molar refractivity (Wildman–Crippen MR) is 137 cm³/mol. The Morgan fingerprint density at radius 2 is 1.72 bits per heavy atom. The number of sulfonamides is 1. The van der Waals surface area contributed by atoms with Crippen LogP contribution >= 0.6 is 0 Å². The molecule has 2 aromatic carbocycles. The van der Waals surface area contributed by atoms with Crippen LogP contribution in [-0.2, 0) is 10.0 Å². The Bertz CT molecular complexity index is 1350. The van der Waals surface area contributed by atoms with Gasteiger partial charge in [0.15, 0.2) is 5.69 Å². The van der Waals surface area contributed by atoms with Crippen LogP contribution in [0, 0.1) is 5.82 Å². The van der Waals surface area contributed by atoms with Gasteiger partial charge in [-0.25, -0.2) is 27.5 Å². The summed E-state index contributed by atoms with van der Waals surface area (Å²) in [5.41, 5.74) is -0.555. The van der Waals surface area contributed by atoms with E-state index in [0.29, 0.717) is 11.4 Å². The Hall–Kier alpha value is -3.41. The minimum atomic E-state index is -3.82. The number of aromatic nitrogens is 2. The summed E-state index contributed by atoms with van der Waals surface area (Å²) in [7, 11) is -3.82. The highest BCUT2D eigenvalue weighted by molar-refractivity contribution is 7.89. The molecule has 11 heteroatoms. The second kappa shape index (κ2) is 10.3. The maximum Gasteiger partial charge on any atom is 0.276 e. The molecule has 1 heterocycles. The summed E-state index contributed by atoms with van der Waals surface area (Å²) in [6.45, 7) is 8.54. The molecule has 4 N–H and O–H groups in total. The van der Waals surface area contributed by atoms with Crippen LogP contribution in [0.1, 0.15) is 45.1 Å². The number of rotatable bonds is 8. The fraction of sp³-hybridized carbons (Fsp3) is 0.320. The van der Waals surface area contributed by atoms with E-state index in [2.05, 4.69) is 25.3 Å². The Balaban J connectivity index is 1.97. The number of nitrogens with one attached hydrogen (secondary N) is 3. The first kappa shape index (κ1) is 27.2. The summed E-state index contributed by atoms with van der Waals surface area (Å²) < 4.78 is 41.5. The summed E-state index contributed by atoms with van der Waals surface area (Å²) in [5.74, 6) is -0.769. The summed E-state index contributed by atoms with van der Waals surface area (Å²) in [4.78, 5) is 22.0. The van der Waals surface area contributed by atoms with E-state index in [4.69, 9.17) is 0 Å². The van der Waals surface area contributed by atoms with E-state index < -0.39 is 32.8 Å². The minimum absolute atomic E-state index is 0.00847. The number of aliphatic hydroxyl groups is 1. The van der Waals surface area contributed by atoms with Crippen molar-refractivity contribution < 1.29 is 22.7 Å². The van der Waals surface area contributed by atoms with Gasteiger partial charge in [-0.2, -0.15) is 0 Å². The van der Waals surface area contributed by atoms with Gasteiger partial charge in [-0.05, 0) is 77.1 Å². The van der Waals surface area contributed by atoms with Crippen LogP contribution in [0.25, 0.3) is 11.3 Å². The van der Waals surface area contributed by atoms with Gasteiger partial charge in [-0.3, -0.25) is 4.79 Å². The Kier molecular flexibility index (Phi) is 7.77. The normalized spacial score (nSPS) is 12.3. The van der Waals surface area contributed by atoms with Gasteiger partial charge in [0.05, 0.1) is 23.2 Å². The average Bonchev–Trinajstić information content (AvgIpc) is 2.78. The van der Waals surface area contributed by atoms with Crippen LogP contribution in [0.5, 0.6) is 0 Å². The van der Waals surface area contributed by atoms with Gasteiger partial charge in [-0.1, -0.05) is 6.07 Å². The average molecular weight is 516 g/mol. The number of carbonyl (C=O) groups is 1. The molecule has 0 aliphatic heterocycles. The molecular formula is C25H30FN5O4S. The molecule has 3 rings (SSSR count). The summed E-state index contributed by atoms with van der Waals surface area (Å²) in [6, 6.07) is 11.3. The number of aliphatic hydroxyl groups excluding tert-OH is 1. The molecular weight excluding hydrogens is 485 g/mol. The van der Waals surface area contributed by atoms with Crippen LogP contribution in [0.15, 0.2) is 59.6 Å². The Morgan fingerprint density at radius 3 is 2.33 bits per heavy atom. The van der Waals surface area contributed by atoms with Crippen LogP contribution < -0.4 is 15.4 Å². The van der Waals surface area contributed by atoms with Gasteiger partial charge in [0, 0.05) is 16.8 Å². The minimum Gasteiger partial charge on any atom is -0.394 e. The largest absolute Gasteiger partial charge is 0.394 e. The molecule has 0 fully saturated rings. The molecule has 0 saturated heterocycles. The Labute approximate surface area is 210 Å². The first-order chi connectivity index (χ1) is 16.7. The zero-order valence-corrected chi connectivity index (χ0v) is 21.6. The molecule has 9 nitrogen and oxygen atoms in total. The van der Waals surface area contributed by atoms with E-state index in [1.165, 1.54) is 48.7 Å². The molecule has 1 aromatic heterocycles. The first-order valence-electron chi connectivity index (χ1n) is 11.2. The molecule has 0 saturated carbocycles. The molecule has 0 unspecified atom stereocenters. The fourth-order valence-corrected chi connectivity index (χ4v) is 4.67. The van der Waals surface area contributed by atoms with Gasteiger partial charge < -0.3 is 15.7 Å². The van der Waals surface area contributed by atoms with Gasteiger partial charge in [0.1, 0.15) is 17.3 Å². The molecule has 0 aliphatic carbocycles. The second-order valence-electron chi connectivity index (χ2n) is 9.96. The lowest BCUT2D eigenvalue weighted by molar-refractivity contribution is 0.102. The van der Waals surface area contributed by atoms with Gasteiger partial charge >= 0.3 is 0 Å². The van der Waals surface area contributed by atoms with Crippen molar-refractivity contribution >= 4 is 27.4 Å². The van der Waals surface area contributed by atoms with Crippen molar-refractivity contribution in [3.8, 4) is 11.3 Å². The molecule has 0 aliphatic rings. The number of hydrogen-bond acceptors (Lipinski definition) is 7. The van der Waals surface area contributed by atoms with E-state index in [-0.39, 0.29) is 28.6 Å². The highest BCUT2D eigenvalue weighted by Crippen LogP contribution is 2.25. The number of hydrogen-bond donors (Lipinski definition) is 4. The van der Waals surface area contributed by atoms with Crippen molar-refractivity contribution in [2.45, 2.75) is 50.6 Å². The fourth-order valence-electron chi connectivity index (χ4n) is 3.20.